The van der Waals surface area contributed by atoms with Crippen LogP contribution in [0.1, 0.15) is 54.0 Å². The number of hydrogen-bond acceptors (Lipinski definition) is 6. The summed E-state index contributed by atoms with van der Waals surface area (Å²) in [5.74, 6) is 0.227. The van der Waals surface area contributed by atoms with Crippen LogP contribution in [0.4, 0.5) is 0 Å². The van der Waals surface area contributed by atoms with Crippen molar-refractivity contribution in [3.05, 3.63) is 93.4 Å². The number of carbonyl (C=O) groups excluding carboxylic acids is 2. The minimum absolute atomic E-state index is 0.0781. The van der Waals surface area contributed by atoms with Gasteiger partial charge in [0, 0.05) is 6.54 Å². The number of ether oxygens (including phenoxy) is 2. The fraction of sp³-hybridized carbons (Fsp3) is 0.310. The standard InChI is InChI=1S/C29H31NO5S/c1-4-34-23-17-21(12-13-22(23)35-15-14-19(2)3)26-25(27(31)24-11-8-16-36-24)28(32)29(33)30(26)18-20-9-6-5-7-10-20/h5-13,16-17,19,26,32H,4,14-15,18H2,1-3H3. The number of Topliss-reactive ketones (excluding diaryl/α,β-unsaturated/α-hetero) is 1. The van der Waals surface area contributed by atoms with Gasteiger partial charge in [0.15, 0.2) is 17.3 Å². The second-order valence-corrected chi connectivity index (χ2v) is 10.0. The van der Waals surface area contributed by atoms with E-state index in [1.165, 1.54) is 16.2 Å². The number of thiophene rings is 1. The molecule has 0 saturated heterocycles. The van der Waals surface area contributed by atoms with Crippen molar-refractivity contribution >= 4 is 23.0 Å². The summed E-state index contributed by atoms with van der Waals surface area (Å²) in [6, 6.07) is 17.7. The van der Waals surface area contributed by atoms with E-state index in [2.05, 4.69) is 13.8 Å². The van der Waals surface area contributed by atoms with Crippen LogP contribution in [0.25, 0.3) is 0 Å². The van der Waals surface area contributed by atoms with Crippen LogP contribution in [0.2, 0.25) is 0 Å². The molecule has 36 heavy (non-hydrogen) atoms. The van der Waals surface area contributed by atoms with Crippen molar-refractivity contribution in [2.24, 2.45) is 5.92 Å². The monoisotopic (exact) mass is 505 g/mol. The van der Waals surface area contributed by atoms with Crippen LogP contribution < -0.4 is 9.47 Å². The van der Waals surface area contributed by atoms with E-state index in [9.17, 15) is 14.7 Å². The summed E-state index contributed by atoms with van der Waals surface area (Å²) in [7, 11) is 0. The third kappa shape index (κ3) is 5.46. The van der Waals surface area contributed by atoms with Crippen molar-refractivity contribution < 1.29 is 24.2 Å². The summed E-state index contributed by atoms with van der Waals surface area (Å²) in [6.07, 6.45) is 0.908. The smallest absolute Gasteiger partial charge is 0.290 e. The van der Waals surface area contributed by atoms with Crippen LogP contribution in [0.15, 0.2) is 77.4 Å². The number of carbonyl (C=O) groups is 2. The van der Waals surface area contributed by atoms with Crippen molar-refractivity contribution in [3.63, 3.8) is 0 Å². The lowest BCUT2D eigenvalue weighted by Crippen LogP contribution is -2.30. The van der Waals surface area contributed by atoms with Crippen LogP contribution in [0.3, 0.4) is 0 Å². The second-order valence-electron chi connectivity index (χ2n) is 9.06. The lowest BCUT2D eigenvalue weighted by Gasteiger charge is -2.27. The predicted molar refractivity (Wildman–Crippen MR) is 141 cm³/mol. The Morgan fingerprint density at radius 2 is 1.83 bits per heavy atom. The zero-order valence-corrected chi connectivity index (χ0v) is 21.6. The number of hydrogen-bond donors (Lipinski definition) is 1. The third-order valence-corrected chi connectivity index (χ3v) is 6.89. The van der Waals surface area contributed by atoms with Gasteiger partial charge in [0.1, 0.15) is 0 Å². The van der Waals surface area contributed by atoms with E-state index in [4.69, 9.17) is 9.47 Å². The molecule has 0 fully saturated rings. The molecule has 1 aliphatic rings. The highest BCUT2D eigenvalue weighted by molar-refractivity contribution is 7.12. The van der Waals surface area contributed by atoms with E-state index in [1.807, 2.05) is 55.5 Å². The zero-order valence-electron chi connectivity index (χ0n) is 20.8. The van der Waals surface area contributed by atoms with Crippen LogP contribution in [-0.2, 0) is 11.3 Å². The van der Waals surface area contributed by atoms with Gasteiger partial charge in [0.05, 0.1) is 29.7 Å². The van der Waals surface area contributed by atoms with Crippen molar-refractivity contribution in [1.29, 1.82) is 0 Å². The van der Waals surface area contributed by atoms with Crippen LogP contribution in [0.5, 0.6) is 11.5 Å². The number of aliphatic hydroxyl groups excluding tert-OH is 1. The normalized spacial score (nSPS) is 15.6. The molecule has 0 saturated carbocycles. The summed E-state index contributed by atoms with van der Waals surface area (Å²) in [5, 5.41) is 12.7. The number of aliphatic hydroxyl groups is 1. The molecule has 1 aliphatic heterocycles. The zero-order chi connectivity index (χ0) is 25.7. The van der Waals surface area contributed by atoms with Gasteiger partial charge in [-0.05, 0) is 54.0 Å². The summed E-state index contributed by atoms with van der Waals surface area (Å²) >= 11 is 1.28. The number of nitrogens with zero attached hydrogens (tertiary/aromatic N) is 1. The fourth-order valence-electron chi connectivity index (χ4n) is 4.20. The highest BCUT2D eigenvalue weighted by Gasteiger charge is 2.44. The van der Waals surface area contributed by atoms with Crippen molar-refractivity contribution in [3.8, 4) is 11.5 Å². The maximum absolute atomic E-state index is 13.5. The van der Waals surface area contributed by atoms with Gasteiger partial charge >= 0.3 is 0 Å². The molecule has 7 heteroatoms. The molecule has 0 radical (unpaired) electrons. The largest absolute Gasteiger partial charge is 0.503 e. The molecule has 0 aliphatic carbocycles. The van der Waals surface area contributed by atoms with Gasteiger partial charge in [-0.25, -0.2) is 0 Å². The molecular weight excluding hydrogens is 474 g/mol. The Balaban J connectivity index is 1.75. The van der Waals surface area contributed by atoms with E-state index in [1.54, 1.807) is 17.5 Å². The number of rotatable bonds is 11. The van der Waals surface area contributed by atoms with Crippen molar-refractivity contribution in [2.45, 2.75) is 39.8 Å². The van der Waals surface area contributed by atoms with Gasteiger partial charge in [-0.15, -0.1) is 11.3 Å². The molecule has 1 aromatic heterocycles. The van der Waals surface area contributed by atoms with Crippen LogP contribution >= 0.6 is 11.3 Å². The number of amides is 1. The van der Waals surface area contributed by atoms with Crippen molar-refractivity contribution in [2.75, 3.05) is 13.2 Å². The van der Waals surface area contributed by atoms with Gasteiger partial charge in [-0.3, -0.25) is 9.59 Å². The average molecular weight is 506 g/mol. The van der Waals surface area contributed by atoms with Crippen molar-refractivity contribution in [1.82, 2.24) is 4.90 Å². The molecule has 4 rings (SSSR count). The van der Waals surface area contributed by atoms with Gasteiger partial charge in [0.2, 0.25) is 5.78 Å². The highest BCUT2D eigenvalue weighted by Crippen LogP contribution is 2.43. The molecular formula is C29H31NO5S. The molecule has 6 nitrogen and oxygen atoms in total. The first-order chi connectivity index (χ1) is 17.4. The van der Waals surface area contributed by atoms with E-state index in [-0.39, 0.29) is 17.9 Å². The molecule has 3 aromatic rings. The molecule has 2 aromatic carbocycles. The minimum atomic E-state index is -0.767. The maximum atomic E-state index is 13.5. The Kier molecular flexibility index (Phi) is 8.10. The Morgan fingerprint density at radius 3 is 2.50 bits per heavy atom. The first-order valence-corrected chi connectivity index (χ1v) is 13.0. The Bertz CT molecular complexity index is 1230. The predicted octanol–water partition coefficient (Wildman–Crippen LogP) is 6.35. The first-order valence-electron chi connectivity index (χ1n) is 12.2. The van der Waals surface area contributed by atoms with E-state index >= 15 is 0 Å². The molecule has 1 N–H and O–H groups in total. The number of ketones is 1. The van der Waals surface area contributed by atoms with Gasteiger partial charge in [-0.2, -0.15) is 0 Å². The lowest BCUT2D eigenvalue weighted by molar-refractivity contribution is -0.130. The summed E-state index contributed by atoms with van der Waals surface area (Å²) < 4.78 is 11.9. The fourth-order valence-corrected chi connectivity index (χ4v) is 4.88. The SMILES string of the molecule is CCOc1cc(C2C(C(=O)c3cccs3)=C(O)C(=O)N2Cc2ccccc2)ccc1OCCC(C)C. The lowest BCUT2D eigenvalue weighted by atomic mass is 9.94. The van der Waals surface area contributed by atoms with Crippen LogP contribution in [-0.4, -0.2) is 34.9 Å². The molecule has 188 valence electrons. The molecule has 2 heterocycles. The van der Waals surface area contributed by atoms with Gasteiger partial charge in [-0.1, -0.05) is 56.3 Å². The Hall–Kier alpha value is -3.58. The molecule has 0 bridgehead atoms. The maximum Gasteiger partial charge on any atom is 0.290 e. The highest BCUT2D eigenvalue weighted by atomic mass is 32.1. The minimum Gasteiger partial charge on any atom is -0.503 e. The molecule has 1 unspecified atom stereocenters. The van der Waals surface area contributed by atoms with Gasteiger partial charge < -0.3 is 19.5 Å². The average Bonchev–Trinajstić information content (AvgIpc) is 3.49. The quantitative estimate of drug-likeness (QED) is 0.307. The first kappa shape index (κ1) is 25.5. The van der Waals surface area contributed by atoms with E-state index in [0.29, 0.717) is 41.1 Å². The van der Waals surface area contributed by atoms with E-state index in [0.717, 1.165) is 12.0 Å². The number of benzene rings is 2. The van der Waals surface area contributed by atoms with E-state index < -0.39 is 17.7 Å². The van der Waals surface area contributed by atoms with Gasteiger partial charge in [0.25, 0.3) is 5.91 Å². The summed E-state index contributed by atoms with van der Waals surface area (Å²) in [5.41, 5.74) is 1.64. The summed E-state index contributed by atoms with van der Waals surface area (Å²) in [6.45, 7) is 7.40. The second kappa shape index (κ2) is 11.4. The Labute approximate surface area is 215 Å². The third-order valence-electron chi connectivity index (χ3n) is 6.03. The topological polar surface area (TPSA) is 76.1 Å². The molecule has 1 atom stereocenters. The summed E-state index contributed by atoms with van der Waals surface area (Å²) in [4.78, 5) is 28.8. The molecule has 0 spiro atoms. The molecule has 1 amide bonds. The Morgan fingerprint density at radius 1 is 1.06 bits per heavy atom. The van der Waals surface area contributed by atoms with Crippen LogP contribution in [0, 0.1) is 5.92 Å².